The van der Waals surface area contributed by atoms with Gasteiger partial charge in [0, 0.05) is 24.0 Å². The van der Waals surface area contributed by atoms with Gasteiger partial charge in [0.2, 0.25) is 0 Å². The van der Waals surface area contributed by atoms with Crippen LogP contribution in [-0.2, 0) is 13.0 Å². The number of nitrogens with zero attached hydrogens (tertiary/aromatic N) is 1. The summed E-state index contributed by atoms with van der Waals surface area (Å²) in [7, 11) is 0. The lowest BCUT2D eigenvalue weighted by atomic mass is 10.2. The molecule has 1 unspecified atom stereocenters. The van der Waals surface area contributed by atoms with Gasteiger partial charge in [0.05, 0.1) is 0 Å². The van der Waals surface area contributed by atoms with Crippen LogP contribution in [0.1, 0.15) is 37.1 Å². The Morgan fingerprint density at radius 2 is 2.35 bits per heavy atom. The molecule has 1 saturated heterocycles. The zero-order chi connectivity index (χ0) is 12.1. The molecule has 0 amide bonds. The second-order valence-electron chi connectivity index (χ2n) is 4.87. The second-order valence-corrected chi connectivity index (χ2v) is 5.87. The Balaban J connectivity index is 1.97. The van der Waals surface area contributed by atoms with E-state index in [9.17, 15) is 0 Å². The molecule has 17 heavy (non-hydrogen) atoms. The molecule has 1 aliphatic heterocycles. The van der Waals surface area contributed by atoms with E-state index < -0.39 is 0 Å². The van der Waals surface area contributed by atoms with Crippen molar-refractivity contribution in [2.24, 2.45) is 0 Å². The molecule has 2 heterocycles. The molecule has 2 rings (SSSR count). The molecule has 96 valence electrons. The molecule has 2 nitrogen and oxygen atoms in total. The first kappa shape index (κ1) is 13.1. The normalized spacial score (nSPS) is 22.6. The van der Waals surface area contributed by atoms with Crippen LogP contribution < -0.4 is 5.32 Å². The minimum Gasteiger partial charge on any atom is -0.313 e. The highest BCUT2D eigenvalue weighted by molar-refractivity contribution is 7.10. The summed E-state index contributed by atoms with van der Waals surface area (Å²) in [6, 6.07) is 2.97. The van der Waals surface area contributed by atoms with Crippen molar-refractivity contribution in [1.29, 1.82) is 0 Å². The van der Waals surface area contributed by atoms with Gasteiger partial charge in [0.1, 0.15) is 0 Å². The third-order valence-electron chi connectivity index (χ3n) is 3.64. The SMILES string of the molecule is CCc1ccsc1CN1CCCNC(CC)C1. The third kappa shape index (κ3) is 3.54. The zero-order valence-electron chi connectivity index (χ0n) is 11.0. The van der Waals surface area contributed by atoms with Crippen LogP contribution in [-0.4, -0.2) is 30.6 Å². The van der Waals surface area contributed by atoms with Crippen LogP contribution in [0.25, 0.3) is 0 Å². The van der Waals surface area contributed by atoms with Crippen molar-refractivity contribution in [2.75, 3.05) is 19.6 Å². The van der Waals surface area contributed by atoms with E-state index in [1.807, 2.05) is 11.3 Å². The van der Waals surface area contributed by atoms with Crippen molar-refractivity contribution in [3.63, 3.8) is 0 Å². The van der Waals surface area contributed by atoms with Gasteiger partial charge in [-0.05, 0) is 49.4 Å². The lowest BCUT2D eigenvalue weighted by Crippen LogP contribution is -2.36. The first-order valence-corrected chi connectivity index (χ1v) is 7.72. The van der Waals surface area contributed by atoms with Gasteiger partial charge in [0.15, 0.2) is 0 Å². The van der Waals surface area contributed by atoms with Crippen molar-refractivity contribution in [2.45, 2.75) is 45.7 Å². The van der Waals surface area contributed by atoms with E-state index in [1.54, 1.807) is 10.4 Å². The first-order chi connectivity index (χ1) is 8.33. The van der Waals surface area contributed by atoms with Gasteiger partial charge in [-0.3, -0.25) is 4.90 Å². The Morgan fingerprint density at radius 1 is 1.47 bits per heavy atom. The van der Waals surface area contributed by atoms with Crippen LogP contribution in [0.3, 0.4) is 0 Å². The number of hydrogen-bond donors (Lipinski definition) is 1. The summed E-state index contributed by atoms with van der Waals surface area (Å²) in [5.74, 6) is 0. The number of hydrogen-bond acceptors (Lipinski definition) is 3. The zero-order valence-corrected chi connectivity index (χ0v) is 11.9. The summed E-state index contributed by atoms with van der Waals surface area (Å²) >= 11 is 1.92. The fourth-order valence-electron chi connectivity index (χ4n) is 2.52. The number of aryl methyl sites for hydroxylation is 1. The van der Waals surface area contributed by atoms with Crippen LogP contribution in [0.15, 0.2) is 11.4 Å². The van der Waals surface area contributed by atoms with E-state index in [0.717, 1.165) is 6.54 Å². The van der Waals surface area contributed by atoms with Gasteiger partial charge in [-0.2, -0.15) is 0 Å². The topological polar surface area (TPSA) is 15.3 Å². The van der Waals surface area contributed by atoms with Crippen LogP contribution >= 0.6 is 11.3 Å². The average molecular weight is 252 g/mol. The van der Waals surface area contributed by atoms with Gasteiger partial charge < -0.3 is 5.32 Å². The number of thiophene rings is 1. The molecule has 1 aromatic heterocycles. The van der Waals surface area contributed by atoms with Crippen molar-refractivity contribution < 1.29 is 0 Å². The predicted molar refractivity (Wildman–Crippen MR) is 75.7 cm³/mol. The second kappa shape index (κ2) is 6.53. The fourth-order valence-corrected chi connectivity index (χ4v) is 3.53. The summed E-state index contributed by atoms with van der Waals surface area (Å²) in [4.78, 5) is 4.20. The van der Waals surface area contributed by atoms with E-state index in [-0.39, 0.29) is 0 Å². The molecule has 0 spiro atoms. The Bertz CT molecular complexity index is 335. The van der Waals surface area contributed by atoms with Crippen LogP contribution in [0, 0.1) is 0 Å². The minimum atomic E-state index is 0.683. The number of rotatable bonds is 4. The summed E-state index contributed by atoms with van der Waals surface area (Å²) in [5, 5.41) is 5.87. The molecule has 0 bridgehead atoms. The molecule has 1 aliphatic rings. The first-order valence-electron chi connectivity index (χ1n) is 6.84. The Morgan fingerprint density at radius 3 is 3.12 bits per heavy atom. The maximum atomic E-state index is 3.63. The highest BCUT2D eigenvalue weighted by atomic mass is 32.1. The van der Waals surface area contributed by atoms with E-state index in [2.05, 4.69) is 35.5 Å². The van der Waals surface area contributed by atoms with E-state index in [1.165, 1.54) is 38.9 Å². The third-order valence-corrected chi connectivity index (χ3v) is 4.59. The average Bonchev–Trinajstić information content (AvgIpc) is 2.66. The molecule has 0 saturated carbocycles. The van der Waals surface area contributed by atoms with Crippen molar-refractivity contribution in [3.05, 3.63) is 21.9 Å². The number of nitrogens with one attached hydrogen (secondary N) is 1. The summed E-state index contributed by atoms with van der Waals surface area (Å²) in [6.07, 6.45) is 3.69. The molecule has 1 N–H and O–H groups in total. The molecular weight excluding hydrogens is 228 g/mol. The largest absolute Gasteiger partial charge is 0.313 e. The van der Waals surface area contributed by atoms with Crippen molar-refractivity contribution in [3.8, 4) is 0 Å². The molecule has 3 heteroatoms. The molecular formula is C14H24N2S. The molecule has 1 aromatic rings. The van der Waals surface area contributed by atoms with Gasteiger partial charge in [-0.25, -0.2) is 0 Å². The minimum absolute atomic E-state index is 0.683. The molecule has 0 radical (unpaired) electrons. The maximum absolute atomic E-state index is 3.63. The van der Waals surface area contributed by atoms with Gasteiger partial charge in [-0.1, -0.05) is 13.8 Å². The Kier molecular flexibility index (Phi) is 5.01. The van der Waals surface area contributed by atoms with Crippen LogP contribution in [0.2, 0.25) is 0 Å². The van der Waals surface area contributed by atoms with E-state index in [0.29, 0.717) is 6.04 Å². The van der Waals surface area contributed by atoms with Gasteiger partial charge in [0.25, 0.3) is 0 Å². The lowest BCUT2D eigenvalue weighted by molar-refractivity contribution is 0.259. The van der Waals surface area contributed by atoms with Crippen LogP contribution in [0.5, 0.6) is 0 Å². The summed E-state index contributed by atoms with van der Waals surface area (Å²) in [5.41, 5.74) is 1.54. The monoisotopic (exact) mass is 252 g/mol. The molecule has 1 atom stereocenters. The highest BCUT2D eigenvalue weighted by Gasteiger charge is 2.17. The lowest BCUT2D eigenvalue weighted by Gasteiger charge is -2.23. The Hall–Kier alpha value is -0.380. The smallest absolute Gasteiger partial charge is 0.0331 e. The van der Waals surface area contributed by atoms with E-state index >= 15 is 0 Å². The Labute approximate surface area is 109 Å². The quantitative estimate of drug-likeness (QED) is 0.886. The molecule has 1 fully saturated rings. The van der Waals surface area contributed by atoms with Crippen molar-refractivity contribution >= 4 is 11.3 Å². The van der Waals surface area contributed by atoms with E-state index in [4.69, 9.17) is 0 Å². The standard InChI is InChI=1S/C14H24N2S/c1-3-12-6-9-17-14(12)11-16-8-5-7-15-13(4-2)10-16/h6,9,13,15H,3-5,7-8,10-11H2,1-2H3. The van der Waals surface area contributed by atoms with Gasteiger partial charge >= 0.3 is 0 Å². The van der Waals surface area contributed by atoms with Crippen LogP contribution in [0.4, 0.5) is 0 Å². The predicted octanol–water partition coefficient (Wildman–Crippen LogP) is 2.88. The summed E-state index contributed by atoms with van der Waals surface area (Å²) < 4.78 is 0. The van der Waals surface area contributed by atoms with Crippen molar-refractivity contribution in [1.82, 2.24) is 10.2 Å². The maximum Gasteiger partial charge on any atom is 0.0331 e. The highest BCUT2D eigenvalue weighted by Crippen LogP contribution is 2.20. The van der Waals surface area contributed by atoms with Gasteiger partial charge in [-0.15, -0.1) is 11.3 Å². The molecule has 0 aromatic carbocycles. The summed E-state index contributed by atoms with van der Waals surface area (Å²) in [6.45, 7) is 9.31. The fraction of sp³-hybridized carbons (Fsp3) is 0.714. The molecule has 0 aliphatic carbocycles.